The van der Waals surface area contributed by atoms with Gasteiger partial charge in [0, 0.05) is 60.2 Å². The van der Waals surface area contributed by atoms with Crippen LogP contribution in [0.2, 0.25) is 0 Å². The van der Waals surface area contributed by atoms with Gasteiger partial charge in [0.2, 0.25) is 5.91 Å². The van der Waals surface area contributed by atoms with Gasteiger partial charge in [0.25, 0.3) is 5.91 Å². The third-order valence-corrected chi connectivity index (χ3v) is 8.59. The van der Waals surface area contributed by atoms with Crippen molar-refractivity contribution in [2.24, 2.45) is 5.73 Å². The maximum atomic E-state index is 13.7. The Bertz CT molecular complexity index is 1040. The standard InChI is InChI=1S/C28H39FN4O3S/c1-19-3-12-25(37-19)18-32(15-16-36-2)24-13-14-33(28(35)20-4-6-21(29)7-5-20)26(17-24)27(34)31-23-10-8-22(30)9-11-23/h3-7,12,22-24,26H,8-11,13-18,30H2,1-2H3,(H,31,34)/t22?,23?,24?,26-/m1/s1. The zero-order valence-electron chi connectivity index (χ0n) is 21.8. The Labute approximate surface area is 223 Å². The molecular formula is C28H39FN4O3S. The number of likely N-dealkylation sites (tertiary alicyclic amines) is 1. The van der Waals surface area contributed by atoms with Crippen molar-refractivity contribution >= 4 is 23.2 Å². The first-order valence-electron chi connectivity index (χ1n) is 13.2. The summed E-state index contributed by atoms with van der Waals surface area (Å²) in [5, 5.41) is 3.22. The van der Waals surface area contributed by atoms with Gasteiger partial charge in [0.15, 0.2) is 0 Å². The summed E-state index contributed by atoms with van der Waals surface area (Å²) in [4.78, 5) is 33.7. The zero-order valence-corrected chi connectivity index (χ0v) is 22.6. The smallest absolute Gasteiger partial charge is 0.254 e. The van der Waals surface area contributed by atoms with Crippen molar-refractivity contribution in [3.63, 3.8) is 0 Å². The fourth-order valence-electron chi connectivity index (χ4n) is 5.46. The Morgan fingerprint density at radius 1 is 1.14 bits per heavy atom. The number of piperidine rings is 1. The van der Waals surface area contributed by atoms with E-state index >= 15 is 0 Å². The average molecular weight is 531 g/mol. The van der Waals surface area contributed by atoms with Crippen LogP contribution < -0.4 is 11.1 Å². The molecule has 3 N–H and O–H groups in total. The van der Waals surface area contributed by atoms with Gasteiger partial charge in [-0.2, -0.15) is 0 Å². The number of nitrogens with one attached hydrogen (secondary N) is 1. The van der Waals surface area contributed by atoms with E-state index in [1.54, 1.807) is 23.3 Å². The van der Waals surface area contributed by atoms with Crippen LogP contribution in [0.5, 0.6) is 0 Å². The molecule has 4 rings (SSSR count). The second kappa shape index (κ2) is 13.0. The summed E-state index contributed by atoms with van der Waals surface area (Å²) in [6.45, 7) is 4.69. The van der Waals surface area contributed by atoms with Gasteiger partial charge in [0.1, 0.15) is 11.9 Å². The number of carbonyl (C=O) groups is 2. The van der Waals surface area contributed by atoms with E-state index in [0.717, 1.165) is 45.2 Å². The topological polar surface area (TPSA) is 87.9 Å². The van der Waals surface area contributed by atoms with Crippen LogP contribution in [-0.4, -0.2) is 72.6 Å². The molecule has 1 aromatic carbocycles. The van der Waals surface area contributed by atoms with Crippen molar-refractivity contribution < 1.29 is 18.7 Å². The molecule has 1 saturated heterocycles. The fraction of sp³-hybridized carbons (Fsp3) is 0.571. The molecule has 37 heavy (non-hydrogen) atoms. The van der Waals surface area contributed by atoms with Crippen LogP contribution >= 0.6 is 11.3 Å². The summed E-state index contributed by atoms with van der Waals surface area (Å²) in [6, 6.07) is 9.65. The third kappa shape index (κ3) is 7.37. The molecule has 1 aromatic heterocycles. The van der Waals surface area contributed by atoms with Crippen LogP contribution in [0.3, 0.4) is 0 Å². The average Bonchev–Trinajstić information content (AvgIpc) is 3.32. The number of aryl methyl sites for hydroxylation is 1. The van der Waals surface area contributed by atoms with Gasteiger partial charge in [-0.1, -0.05) is 0 Å². The number of hydrogen-bond acceptors (Lipinski definition) is 6. The van der Waals surface area contributed by atoms with Crippen LogP contribution in [0, 0.1) is 12.7 Å². The number of amides is 2. The molecule has 0 bridgehead atoms. The predicted molar refractivity (Wildman–Crippen MR) is 144 cm³/mol. The Morgan fingerprint density at radius 2 is 1.86 bits per heavy atom. The molecule has 202 valence electrons. The molecule has 2 aliphatic rings. The number of hydrogen-bond donors (Lipinski definition) is 2. The summed E-state index contributed by atoms with van der Waals surface area (Å²) in [5.41, 5.74) is 6.45. The number of carbonyl (C=O) groups excluding carboxylic acids is 2. The van der Waals surface area contributed by atoms with Crippen LogP contribution in [-0.2, 0) is 16.1 Å². The Hall–Kier alpha value is -2.33. The van der Waals surface area contributed by atoms with Crippen molar-refractivity contribution in [1.82, 2.24) is 15.1 Å². The van der Waals surface area contributed by atoms with Gasteiger partial charge >= 0.3 is 0 Å². The largest absolute Gasteiger partial charge is 0.383 e. The van der Waals surface area contributed by atoms with Crippen molar-refractivity contribution in [2.45, 2.75) is 76.2 Å². The summed E-state index contributed by atoms with van der Waals surface area (Å²) in [7, 11) is 1.70. The minimum absolute atomic E-state index is 0.0779. The lowest BCUT2D eigenvalue weighted by atomic mass is 9.90. The molecule has 0 spiro atoms. The Balaban J connectivity index is 1.53. The Kier molecular flexibility index (Phi) is 9.70. The van der Waals surface area contributed by atoms with Gasteiger partial charge < -0.3 is 20.7 Å². The van der Waals surface area contributed by atoms with E-state index in [2.05, 4.69) is 29.3 Å². The second-order valence-electron chi connectivity index (χ2n) is 10.3. The number of methoxy groups -OCH3 is 1. The van der Waals surface area contributed by atoms with E-state index in [4.69, 9.17) is 10.5 Å². The molecule has 1 saturated carbocycles. The molecule has 0 radical (unpaired) electrons. The number of nitrogens with two attached hydrogens (primary N) is 1. The molecule has 2 atom stereocenters. The monoisotopic (exact) mass is 530 g/mol. The minimum atomic E-state index is -0.595. The maximum absolute atomic E-state index is 13.7. The van der Waals surface area contributed by atoms with Crippen molar-refractivity contribution in [3.8, 4) is 0 Å². The first-order chi connectivity index (χ1) is 17.8. The molecule has 2 fully saturated rings. The third-order valence-electron chi connectivity index (χ3n) is 7.60. The van der Waals surface area contributed by atoms with E-state index in [1.165, 1.54) is 34.0 Å². The zero-order chi connectivity index (χ0) is 26.4. The molecule has 9 heteroatoms. The molecule has 1 unspecified atom stereocenters. The Morgan fingerprint density at radius 3 is 2.51 bits per heavy atom. The normalized spacial score (nSPS) is 24.3. The number of thiophene rings is 1. The van der Waals surface area contributed by atoms with Gasteiger partial charge in [-0.25, -0.2) is 4.39 Å². The molecule has 2 heterocycles. The summed E-state index contributed by atoms with van der Waals surface area (Å²) in [5.74, 6) is -0.737. The van der Waals surface area contributed by atoms with Crippen molar-refractivity contribution in [2.75, 3.05) is 26.8 Å². The second-order valence-corrected chi connectivity index (χ2v) is 11.7. The first kappa shape index (κ1) is 27.7. The minimum Gasteiger partial charge on any atom is -0.383 e. The number of benzene rings is 1. The number of rotatable bonds is 9. The molecule has 2 amide bonds. The quantitative estimate of drug-likeness (QED) is 0.516. The SMILES string of the molecule is COCCN(Cc1ccc(C)s1)C1CCN(C(=O)c2ccc(F)cc2)[C@@H](C(=O)NC2CCC(N)CC2)C1. The summed E-state index contributed by atoms with van der Waals surface area (Å²) in [6.07, 6.45) is 4.78. The fourth-order valence-corrected chi connectivity index (χ4v) is 6.37. The van der Waals surface area contributed by atoms with Gasteiger partial charge in [-0.05, 0) is 81.8 Å². The highest BCUT2D eigenvalue weighted by molar-refractivity contribution is 7.11. The van der Waals surface area contributed by atoms with Crippen LogP contribution in [0.15, 0.2) is 36.4 Å². The highest BCUT2D eigenvalue weighted by Gasteiger charge is 2.39. The summed E-state index contributed by atoms with van der Waals surface area (Å²) < 4.78 is 18.9. The molecule has 2 aromatic rings. The van der Waals surface area contributed by atoms with E-state index < -0.39 is 11.9 Å². The van der Waals surface area contributed by atoms with E-state index in [1.807, 2.05) is 0 Å². The van der Waals surface area contributed by atoms with E-state index in [-0.39, 0.29) is 29.9 Å². The maximum Gasteiger partial charge on any atom is 0.254 e. The number of nitrogens with zero attached hydrogens (tertiary/aromatic N) is 2. The van der Waals surface area contributed by atoms with Gasteiger partial charge in [-0.3, -0.25) is 14.5 Å². The first-order valence-corrected chi connectivity index (χ1v) is 14.1. The van der Waals surface area contributed by atoms with E-state index in [0.29, 0.717) is 25.1 Å². The summed E-state index contributed by atoms with van der Waals surface area (Å²) >= 11 is 1.78. The van der Waals surface area contributed by atoms with Crippen LogP contribution in [0.25, 0.3) is 0 Å². The molecule has 1 aliphatic heterocycles. The van der Waals surface area contributed by atoms with Crippen molar-refractivity contribution in [1.29, 1.82) is 0 Å². The highest BCUT2D eigenvalue weighted by Crippen LogP contribution is 2.28. The lowest BCUT2D eigenvalue weighted by Gasteiger charge is -2.43. The van der Waals surface area contributed by atoms with Gasteiger partial charge in [0.05, 0.1) is 6.61 Å². The molecular weight excluding hydrogens is 491 g/mol. The lowest BCUT2D eigenvalue weighted by Crippen LogP contribution is -2.58. The molecule has 7 nitrogen and oxygen atoms in total. The van der Waals surface area contributed by atoms with Crippen molar-refractivity contribution in [3.05, 3.63) is 57.5 Å². The number of ether oxygens (including phenoxy) is 1. The van der Waals surface area contributed by atoms with Crippen LogP contribution in [0.1, 0.15) is 58.6 Å². The van der Waals surface area contributed by atoms with E-state index in [9.17, 15) is 14.0 Å². The highest BCUT2D eigenvalue weighted by atomic mass is 32.1. The number of halogens is 1. The van der Waals surface area contributed by atoms with Gasteiger partial charge in [-0.15, -0.1) is 11.3 Å². The predicted octanol–water partition coefficient (Wildman–Crippen LogP) is 3.70. The lowest BCUT2D eigenvalue weighted by molar-refractivity contribution is -0.128. The molecule has 1 aliphatic carbocycles. The van der Waals surface area contributed by atoms with Crippen LogP contribution in [0.4, 0.5) is 4.39 Å².